The number of fused-ring (bicyclic) bond motifs is 1. The quantitative estimate of drug-likeness (QED) is 0.832. The van der Waals surface area contributed by atoms with Gasteiger partial charge in [-0.15, -0.1) is 0 Å². The molecule has 7 heteroatoms. The monoisotopic (exact) mass is 326 g/mol. The van der Waals surface area contributed by atoms with E-state index >= 15 is 0 Å². The molecule has 1 aromatic carbocycles. The summed E-state index contributed by atoms with van der Waals surface area (Å²) in [5, 5.41) is 0. The Bertz CT molecular complexity index is 652. The summed E-state index contributed by atoms with van der Waals surface area (Å²) in [6, 6.07) is 3.36. The zero-order chi connectivity index (χ0) is 15.7. The van der Waals surface area contributed by atoms with Gasteiger partial charge >= 0.3 is 0 Å². The van der Waals surface area contributed by atoms with Crippen molar-refractivity contribution >= 4 is 10.0 Å². The highest BCUT2D eigenvalue weighted by Crippen LogP contribution is 2.35. The first-order valence-corrected chi connectivity index (χ1v) is 9.09. The highest BCUT2D eigenvalue weighted by atomic mass is 32.2. The van der Waals surface area contributed by atoms with Crippen LogP contribution in [0.4, 0.5) is 0 Å². The van der Waals surface area contributed by atoms with E-state index in [0.717, 1.165) is 19.6 Å². The Hall–Kier alpha value is -1.31. The number of benzene rings is 1. The van der Waals surface area contributed by atoms with Gasteiger partial charge in [-0.25, -0.2) is 8.42 Å². The molecular formula is C15H22N2O4S. The van der Waals surface area contributed by atoms with Gasteiger partial charge in [-0.1, -0.05) is 6.92 Å². The molecule has 22 heavy (non-hydrogen) atoms. The summed E-state index contributed by atoms with van der Waals surface area (Å²) in [5.74, 6) is 1.14. The van der Waals surface area contributed by atoms with E-state index in [1.165, 1.54) is 0 Å². The minimum absolute atomic E-state index is 0.321. The lowest BCUT2D eigenvalue weighted by molar-refractivity contribution is 0.170. The Morgan fingerprint density at radius 1 is 1.05 bits per heavy atom. The van der Waals surface area contributed by atoms with Crippen molar-refractivity contribution < 1.29 is 17.9 Å². The first-order chi connectivity index (χ1) is 10.5. The van der Waals surface area contributed by atoms with E-state index in [2.05, 4.69) is 11.8 Å². The van der Waals surface area contributed by atoms with Crippen LogP contribution in [-0.2, 0) is 10.0 Å². The number of hydrogen-bond donors (Lipinski definition) is 0. The minimum Gasteiger partial charge on any atom is -0.486 e. The van der Waals surface area contributed by atoms with E-state index in [1.807, 2.05) is 0 Å². The van der Waals surface area contributed by atoms with Crippen LogP contribution >= 0.6 is 0 Å². The Morgan fingerprint density at radius 2 is 1.64 bits per heavy atom. The molecule has 1 fully saturated rings. The zero-order valence-electron chi connectivity index (χ0n) is 13.0. The Labute approximate surface area is 131 Å². The van der Waals surface area contributed by atoms with Gasteiger partial charge in [-0.3, -0.25) is 0 Å². The molecule has 0 amide bonds. The van der Waals surface area contributed by atoms with Gasteiger partial charge in [0.25, 0.3) is 0 Å². The molecule has 0 spiro atoms. The number of piperazine rings is 1. The summed E-state index contributed by atoms with van der Waals surface area (Å²) in [6.45, 7) is 8.41. The fourth-order valence-corrected chi connectivity index (χ4v) is 4.52. The maximum absolute atomic E-state index is 12.9. The summed E-state index contributed by atoms with van der Waals surface area (Å²) in [4.78, 5) is 2.57. The molecule has 2 heterocycles. The first kappa shape index (κ1) is 15.6. The fraction of sp³-hybridized carbons (Fsp3) is 0.600. The number of nitrogens with zero attached hydrogens (tertiary/aromatic N) is 2. The second kappa shape index (κ2) is 6.06. The largest absolute Gasteiger partial charge is 0.486 e. The normalized spacial score (nSPS) is 20.1. The lowest BCUT2D eigenvalue weighted by Gasteiger charge is -2.33. The molecule has 0 radical (unpaired) electrons. The van der Waals surface area contributed by atoms with Crippen molar-refractivity contribution in [3.05, 3.63) is 17.7 Å². The van der Waals surface area contributed by atoms with Crippen molar-refractivity contribution in [2.75, 3.05) is 45.9 Å². The van der Waals surface area contributed by atoms with Crippen LogP contribution in [0.3, 0.4) is 0 Å². The van der Waals surface area contributed by atoms with Crippen LogP contribution in [0.5, 0.6) is 11.5 Å². The maximum Gasteiger partial charge on any atom is 0.243 e. The number of hydrogen-bond acceptors (Lipinski definition) is 5. The van der Waals surface area contributed by atoms with Crippen LogP contribution in [0.2, 0.25) is 0 Å². The lowest BCUT2D eigenvalue weighted by atomic mass is 10.2. The summed E-state index contributed by atoms with van der Waals surface area (Å²) < 4.78 is 38.4. The molecule has 6 nitrogen and oxygen atoms in total. The maximum atomic E-state index is 12.9. The third kappa shape index (κ3) is 2.80. The topological polar surface area (TPSA) is 59.1 Å². The molecule has 1 saturated heterocycles. The van der Waals surface area contributed by atoms with Gasteiger partial charge in [-0.05, 0) is 25.1 Å². The zero-order valence-corrected chi connectivity index (χ0v) is 13.9. The van der Waals surface area contributed by atoms with Gasteiger partial charge in [0.2, 0.25) is 10.0 Å². The van der Waals surface area contributed by atoms with Gasteiger partial charge in [-0.2, -0.15) is 4.31 Å². The average Bonchev–Trinajstić information content (AvgIpc) is 2.54. The van der Waals surface area contributed by atoms with E-state index in [1.54, 1.807) is 23.4 Å². The standard InChI is InChI=1S/C15H22N2O4S/c1-3-16-4-6-17(7-5-16)22(18,19)15-11-14-13(10-12(15)2)20-8-9-21-14/h10-11H,3-9H2,1-2H3. The number of aryl methyl sites for hydroxylation is 1. The number of rotatable bonds is 3. The molecule has 0 aromatic heterocycles. The van der Waals surface area contributed by atoms with Crippen molar-refractivity contribution in [3.8, 4) is 11.5 Å². The molecule has 0 N–H and O–H groups in total. The Kier molecular flexibility index (Phi) is 4.29. The van der Waals surface area contributed by atoms with Gasteiger partial charge in [0.15, 0.2) is 11.5 Å². The molecule has 122 valence electrons. The van der Waals surface area contributed by atoms with Crippen molar-refractivity contribution in [1.29, 1.82) is 0 Å². The third-order valence-electron chi connectivity index (χ3n) is 4.24. The second-order valence-electron chi connectivity index (χ2n) is 5.60. The van der Waals surface area contributed by atoms with E-state index in [4.69, 9.17) is 9.47 Å². The molecule has 0 aliphatic carbocycles. The Morgan fingerprint density at radius 3 is 2.23 bits per heavy atom. The molecule has 0 unspecified atom stereocenters. The smallest absolute Gasteiger partial charge is 0.243 e. The van der Waals surface area contributed by atoms with E-state index < -0.39 is 10.0 Å². The van der Waals surface area contributed by atoms with Crippen LogP contribution in [0.1, 0.15) is 12.5 Å². The lowest BCUT2D eigenvalue weighted by Crippen LogP contribution is -2.48. The van der Waals surface area contributed by atoms with Crippen molar-refractivity contribution in [2.24, 2.45) is 0 Å². The van der Waals surface area contributed by atoms with E-state index in [0.29, 0.717) is 48.3 Å². The number of likely N-dealkylation sites (N-methyl/N-ethyl adjacent to an activating group) is 1. The minimum atomic E-state index is -3.49. The number of sulfonamides is 1. The summed E-state index contributed by atoms with van der Waals surface area (Å²) in [7, 11) is -3.49. The molecular weight excluding hydrogens is 304 g/mol. The molecule has 0 saturated carbocycles. The van der Waals surface area contributed by atoms with Gasteiger partial charge < -0.3 is 14.4 Å². The first-order valence-electron chi connectivity index (χ1n) is 7.65. The summed E-state index contributed by atoms with van der Waals surface area (Å²) in [5.41, 5.74) is 0.696. The SMILES string of the molecule is CCN1CCN(S(=O)(=O)c2cc3c(cc2C)OCCO3)CC1. The van der Waals surface area contributed by atoms with Crippen molar-refractivity contribution in [3.63, 3.8) is 0 Å². The van der Waals surface area contributed by atoms with E-state index in [9.17, 15) is 8.42 Å². The second-order valence-corrected chi connectivity index (χ2v) is 7.51. The summed E-state index contributed by atoms with van der Waals surface area (Å²) in [6.07, 6.45) is 0. The summed E-state index contributed by atoms with van der Waals surface area (Å²) >= 11 is 0. The molecule has 1 aromatic rings. The van der Waals surface area contributed by atoms with Crippen LogP contribution in [0, 0.1) is 6.92 Å². The van der Waals surface area contributed by atoms with Crippen molar-refractivity contribution in [1.82, 2.24) is 9.21 Å². The van der Waals surface area contributed by atoms with Crippen molar-refractivity contribution in [2.45, 2.75) is 18.7 Å². The molecule has 2 aliphatic heterocycles. The predicted molar refractivity (Wildman–Crippen MR) is 83.0 cm³/mol. The third-order valence-corrected chi connectivity index (χ3v) is 6.28. The molecule has 3 rings (SSSR count). The van der Waals surface area contributed by atoms with Gasteiger partial charge in [0.1, 0.15) is 13.2 Å². The van der Waals surface area contributed by atoms with Crippen LogP contribution in [0.25, 0.3) is 0 Å². The van der Waals surface area contributed by atoms with Crippen LogP contribution in [-0.4, -0.2) is 63.6 Å². The number of ether oxygens (including phenoxy) is 2. The Balaban J connectivity index is 1.89. The molecule has 2 aliphatic rings. The fourth-order valence-electron chi connectivity index (χ4n) is 2.87. The highest BCUT2D eigenvalue weighted by molar-refractivity contribution is 7.89. The average molecular weight is 326 g/mol. The molecule has 0 atom stereocenters. The van der Waals surface area contributed by atoms with Gasteiger partial charge in [0.05, 0.1) is 4.90 Å². The molecule has 0 bridgehead atoms. The van der Waals surface area contributed by atoms with E-state index in [-0.39, 0.29) is 0 Å². The van der Waals surface area contributed by atoms with Crippen LogP contribution < -0.4 is 9.47 Å². The van der Waals surface area contributed by atoms with Crippen LogP contribution in [0.15, 0.2) is 17.0 Å². The predicted octanol–water partition coefficient (Wildman–Crippen LogP) is 1.09. The van der Waals surface area contributed by atoms with Gasteiger partial charge in [0, 0.05) is 32.2 Å². The highest BCUT2D eigenvalue weighted by Gasteiger charge is 2.30.